The third-order valence-electron chi connectivity index (χ3n) is 4.36. The fourth-order valence-electron chi connectivity index (χ4n) is 3.31. The molecule has 1 aromatic rings. The van der Waals surface area contributed by atoms with Gasteiger partial charge in [-0.1, -0.05) is 11.6 Å². The fourth-order valence-corrected chi connectivity index (χ4v) is 4.04. The van der Waals surface area contributed by atoms with Crippen molar-refractivity contribution in [2.45, 2.75) is 18.9 Å². The standard InChI is InChI=1S/C14H16ClIN2O.ClH/c15-9-2-3-12(16)10(5-9)14(19)18-6-8-1-4-13(17)11(8)7-18;/h2-3,5,8,11,13H,1,4,6-7,17H2;1H. The number of hydrogen-bond donors (Lipinski definition) is 1. The van der Waals surface area contributed by atoms with E-state index < -0.39 is 0 Å². The lowest BCUT2D eigenvalue weighted by molar-refractivity contribution is 0.0778. The zero-order valence-corrected chi connectivity index (χ0v) is 14.6. The Labute approximate surface area is 143 Å². The number of carbonyl (C=O) groups is 1. The molecule has 0 spiro atoms. The summed E-state index contributed by atoms with van der Waals surface area (Å²) in [5.41, 5.74) is 6.82. The Kier molecular flexibility index (Phi) is 5.21. The van der Waals surface area contributed by atoms with Gasteiger partial charge in [0.15, 0.2) is 0 Å². The summed E-state index contributed by atoms with van der Waals surface area (Å²) >= 11 is 8.18. The zero-order valence-electron chi connectivity index (χ0n) is 10.9. The van der Waals surface area contributed by atoms with Crippen LogP contribution in [0, 0.1) is 15.4 Å². The van der Waals surface area contributed by atoms with Crippen LogP contribution in [0.15, 0.2) is 18.2 Å². The number of halogens is 3. The van der Waals surface area contributed by atoms with E-state index in [-0.39, 0.29) is 24.4 Å². The third kappa shape index (κ3) is 2.93. The molecule has 3 rings (SSSR count). The molecule has 2 fully saturated rings. The second-order valence-electron chi connectivity index (χ2n) is 5.50. The molecule has 1 aromatic carbocycles. The van der Waals surface area contributed by atoms with E-state index in [1.54, 1.807) is 6.07 Å². The maximum Gasteiger partial charge on any atom is 0.255 e. The second-order valence-corrected chi connectivity index (χ2v) is 7.10. The van der Waals surface area contributed by atoms with Gasteiger partial charge in [-0.05, 0) is 65.5 Å². The molecule has 3 nitrogen and oxygen atoms in total. The largest absolute Gasteiger partial charge is 0.338 e. The Balaban J connectivity index is 0.00000147. The Hall–Kier alpha value is -0.0400. The molecular weight excluding hydrogens is 410 g/mol. The smallest absolute Gasteiger partial charge is 0.255 e. The lowest BCUT2D eigenvalue weighted by atomic mass is 9.98. The highest BCUT2D eigenvalue weighted by molar-refractivity contribution is 14.1. The average molecular weight is 427 g/mol. The number of benzene rings is 1. The van der Waals surface area contributed by atoms with E-state index in [0.29, 0.717) is 22.4 Å². The first-order chi connectivity index (χ1) is 9.06. The van der Waals surface area contributed by atoms with Crippen LogP contribution in [-0.2, 0) is 0 Å². The number of fused-ring (bicyclic) bond motifs is 1. The minimum atomic E-state index is 0. The van der Waals surface area contributed by atoms with Gasteiger partial charge in [-0.25, -0.2) is 0 Å². The summed E-state index contributed by atoms with van der Waals surface area (Å²) in [7, 11) is 0. The molecule has 1 aliphatic carbocycles. The van der Waals surface area contributed by atoms with Crippen LogP contribution in [0.3, 0.4) is 0 Å². The third-order valence-corrected chi connectivity index (χ3v) is 5.53. The van der Waals surface area contributed by atoms with Crippen molar-refractivity contribution < 1.29 is 4.79 Å². The number of amides is 1. The van der Waals surface area contributed by atoms with Gasteiger partial charge in [0.25, 0.3) is 5.91 Å². The molecule has 1 aliphatic heterocycles. The van der Waals surface area contributed by atoms with Crippen LogP contribution in [0.1, 0.15) is 23.2 Å². The van der Waals surface area contributed by atoms with Crippen LogP contribution >= 0.6 is 46.6 Å². The monoisotopic (exact) mass is 426 g/mol. The summed E-state index contributed by atoms with van der Waals surface area (Å²) in [6, 6.07) is 5.73. The lowest BCUT2D eigenvalue weighted by Gasteiger charge is -2.19. The minimum Gasteiger partial charge on any atom is -0.338 e. The molecule has 110 valence electrons. The molecule has 1 saturated heterocycles. The number of rotatable bonds is 1. The van der Waals surface area contributed by atoms with Gasteiger partial charge >= 0.3 is 0 Å². The number of likely N-dealkylation sites (tertiary alicyclic amines) is 1. The van der Waals surface area contributed by atoms with Crippen molar-refractivity contribution in [2.75, 3.05) is 13.1 Å². The number of nitrogens with zero attached hydrogens (tertiary/aromatic N) is 1. The van der Waals surface area contributed by atoms with Gasteiger partial charge < -0.3 is 10.6 Å². The molecular formula is C14H17Cl2IN2O. The first-order valence-corrected chi connectivity index (χ1v) is 8.02. The molecule has 20 heavy (non-hydrogen) atoms. The summed E-state index contributed by atoms with van der Waals surface area (Å²) in [6.45, 7) is 1.65. The highest BCUT2D eigenvalue weighted by Crippen LogP contribution is 2.37. The maximum absolute atomic E-state index is 12.6. The van der Waals surface area contributed by atoms with Crippen molar-refractivity contribution in [1.82, 2.24) is 4.90 Å². The number of carbonyl (C=O) groups excluding carboxylic acids is 1. The summed E-state index contributed by atoms with van der Waals surface area (Å²) < 4.78 is 0.952. The fraction of sp³-hybridized carbons (Fsp3) is 0.500. The first-order valence-electron chi connectivity index (χ1n) is 6.56. The number of hydrogen-bond acceptors (Lipinski definition) is 2. The molecule has 1 saturated carbocycles. The molecule has 2 N–H and O–H groups in total. The quantitative estimate of drug-likeness (QED) is 0.701. The predicted octanol–water partition coefficient (Wildman–Crippen LogP) is 3.18. The van der Waals surface area contributed by atoms with Crippen LogP contribution < -0.4 is 5.73 Å². The molecule has 6 heteroatoms. The van der Waals surface area contributed by atoms with Crippen molar-refractivity contribution in [3.63, 3.8) is 0 Å². The SMILES string of the molecule is Cl.NC1CCC2CN(C(=O)c3cc(Cl)ccc3I)CC12. The molecule has 3 unspecified atom stereocenters. The van der Waals surface area contributed by atoms with E-state index in [1.165, 1.54) is 0 Å². The van der Waals surface area contributed by atoms with Crippen molar-refractivity contribution in [3.05, 3.63) is 32.4 Å². The Bertz CT molecular complexity index is 526. The summed E-state index contributed by atoms with van der Waals surface area (Å²) in [5, 5.41) is 0.611. The molecule has 0 radical (unpaired) electrons. The van der Waals surface area contributed by atoms with Crippen molar-refractivity contribution in [2.24, 2.45) is 17.6 Å². The maximum atomic E-state index is 12.6. The molecule has 1 heterocycles. The van der Waals surface area contributed by atoms with Crippen molar-refractivity contribution in [3.8, 4) is 0 Å². The lowest BCUT2D eigenvalue weighted by Crippen LogP contribution is -2.33. The number of nitrogens with two attached hydrogens (primary N) is 1. The Morgan fingerprint density at radius 1 is 1.35 bits per heavy atom. The van der Waals surface area contributed by atoms with E-state index >= 15 is 0 Å². The van der Waals surface area contributed by atoms with Gasteiger partial charge in [-0.2, -0.15) is 0 Å². The van der Waals surface area contributed by atoms with Crippen molar-refractivity contribution in [1.29, 1.82) is 0 Å². The summed E-state index contributed by atoms with van der Waals surface area (Å²) in [5.74, 6) is 1.17. The van der Waals surface area contributed by atoms with Gasteiger partial charge in [-0.15, -0.1) is 12.4 Å². The van der Waals surface area contributed by atoms with Crippen LogP contribution in [0.2, 0.25) is 5.02 Å². The average Bonchev–Trinajstić information content (AvgIpc) is 2.94. The Morgan fingerprint density at radius 3 is 2.80 bits per heavy atom. The van der Waals surface area contributed by atoms with Gasteiger partial charge in [0.1, 0.15) is 0 Å². The molecule has 3 atom stereocenters. The van der Waals surface area contributed by atoms with E-state index in [9.17, 15) is 4.79 Å². The van der Waals surface area contributed by atoms with Gasteiger partial charge in [0, 0.05) is 27.7 Å². The first kappa shape index (κ1) is 16.3. The van der Waals surface area contributed by atoms with Crippen molar-refractivity contribution >= 4 is 52.5 Å². The highest BCUT2D eigenvalue weighted by atomic mass is 127. The van der Waals surface area contributed by atoms with E-state index in [0.717, 1.165) is 29.5 Å². The van der Waals surface area contributed by atoms with E-state index in [4.69, 9.17) is 17.3 Å². The summed E-state index contributed by atoms with van der Waals surface area (Å²) in [6.07, 6.45) is 2.26. The van der Waals surface area contributed by atoms with E-state index in [1.807, 2.05) is 17.0 Å². The van der Waals surface area contributed by atoms with Crippen LogP contribution in [-0.4, -0.2) is 29.9 Å². The van der Waals surface area contributed by atoms with E-state index in [2.05, 4.69) is 22.6 Å². The van der Waals surface area contributed by atoms with Crippen LogP contribution in [0.25, 0.3) is 0 Å². The summed E-state index contributed by atoms with van der Waals surface area (Å²) in [4.78, 5) is 14.5. The minimum absolute atomic E-state index is 0. The Morgan fingerprint density at radius 2 is 2.10 bits per heavy atom. The molecule has 0 bridgehead atoms. The van der Waals surface area contributed by atoms with Gasteiger partial charge in [-0.3, -0.25) is 4.79 Å². The highest BCUT2D eigenvalue weighted by Gasteiger charge is 2.42. The molecule has 2 aliphatic rings. The molecule has 0 aromatic heterocycles. The van der Waals surface area contributed by atoms with Crippen LogP contribution in [0.5, 0.6) is 0 Å². The normalized spacial score (nSPS) is 28.1. The van der Waals surface area contributed by atoms with Gasteiger partial charge in [0.05, 0.1) is 5.56 Å². The van der Waals surface area contributed by atoms with Gasteiger partial charge in [0.2, 0.25) is 0 Å². The second kappa shape index (κ2) is 6.38. The predicted molar refractivity (Wildman–Crippen MR) is 91.5 cm³/mol. The molecule has 1 amide bonds. The zero-order chi connectivity index (χ0) is 13.6. The van der Waals surface area contributed by atoms with Crippen LogP contribution in [0.4, 0.5) is 0 Å². The topological polar surface area (TPSA) is 46.3 Å².